The van der Waals surface area contributed by atoms with E-state index in [0.717, 1.165) is 0 Å². The van der Waals surface area contributed by atoms with Gasteiger partial charge in [-0.3, -0.25) is 10.1 Å². The quantitative estimate of drug-likeness (QED) is 0.451. The van der Waals surface area contributed by atoms with Gasteiger partial charge < -0.3 is 4.74 Å². The van der Waals surface area contributed by atoms with Crippen molar-refractivity contribution in [3.63, 3.8) is 0 Å². The molecule has 1 aromatic rings. The zero-order valence-corrected chi connectivity index (χ0v) is 8.90. The summed E-state index contributed by atoms with van der Waals surface area (Å²) in [7, 11) is 0. The Balaban J connectivity index is 3.00. The molecule has 0 fully saturated rings. The van der Waals surface area contributed by atoms with Crippen LogP contribution in [0.5, 0.6) is 5.75 Å². The minimum Gasteiger partial charge on any atom is -0.485 e. The van der Waals surface area contributed by atoms with Gasteiger partial charge in [-0.05, 0) is 13.0 Å². The zero-order chi connectivity index (χ0) is 11.4. The number of nitrogens with zero attached hydrogens (tertiary/aromatic N) is 1. The molecule has 1 atom stereocenters. The third kappa shape index (κ3) is 2.95. The average Bonchev–Trinajstić information content (AvgIpc) is 2.20. The van der Waals surface area contributed by atoms with Crippen LogP contribution >= 0.6 is 11.6 Å². The maximum absolute atomic E-state index is 10.5. The lowest BCUT2D eigenvalue weighted by Gasteiger charge is -2.11. The van der Waals surface area contributed by atoms with E-state index in [2.05, 4.69) is 6.58 Å². The molecule has 0 saturated carbocycles. The van der Waals surface area contributed by atoms with E-state index in [1.165, 1.54) is 18.2 Å². The largest absolute Gasteiger partial charge is 0.485 e. The standard InChI is InChI=1S/C10H10ClNO3/c1-3-7(2)15-10-6-8(12(13)14)4-5-9(10)11/h3-7H,1H2,2H3. The van der Waals surface area contributed by atoms with E-state index >= 15 is 0 Å². The summed E-state index contributed by atoms with van der Waals surface area (Å²) in [5.74, 6) is 0.290. The molecular weight excluding hydrogens is 218 g/mol. The fourth-order valence-electron chi connectivity index (χ4n) is 0.944. The molecule has 0 N–H and O–H groups in total. The number of hydrogen-bond donors (Lipinski definition) is 0. The van der Waals surface area contributed by atoms with Gasteiger partial charge in [0.25, 0.3) is 5.69 Å². The maximum atomic E-state index is 10.5. The van der Waals surface area contributed by atoms with E-state index in [1.54, 1.807) is 13.0 Å². The van der Waals surface area contributed by atoms with Crippen molar-refractivity contribution >= 4 is 17.3 Å². The molecule has 80 valence electrons. The van der Waals surface area contributed by atoms with Crippen LogP contribution in [0.2, 0.25) is 5.02 Å². The van der Waals surface area contributed by atoms with Crippen molar-refractivity contribution in [2.45, 2.75) is 13.0 Å². The molecular formula is C10H10ClNO3. The SMILES string of the molecule is C=CC(C)Oc1cc([N+](=O)[O-])ccc1Cl. The second kappa shape index (κ2) is 4.79. The van der Waals surface area contributed by atoms with Crippen LogP contribution in [-0.2, 0) is 0 Å². The molecule has 0 aliphatic carbocycles. The lowest BCUT2D eigenvalue weighted by atomic mass is 10.3. The molecule has 1 aromatic carbocycles. The van der Waals surface area contributed by atoms with Crippen LogP contribution < -0.4 is 4.74 Å². The third-order valence-electron chi connectivity index (χ3n) is 1.77. The Kier molecular flexibility index (Phi) is 3.68. The van der Waals surface area contributed by atoms with Crippen molar-refractivity contribution in [3.8, 4) is 5.75 Å². The summed E-state index contributed by atoms with van der Waals surface area (Å²) in [6.07, 6.45) is 1.33. The van der Waals surface area contributed by atoms with Crippen LogP contribution in [0, 0.1) is 10.1 Å². The Labute approximate surface area is 92.3 Å². The average molecular weight is 228 g/mol. The van der Waals surface area contributed by atoms with E-state index in [9.17, 15) is 10.1 Å². The highest BCUT2D eigenvalue weighted by molar-refractivity contribution is 6.32. The van der Waals surface area contributed by atoms with Crippen molar-refractivity contribution in [1.82, 2.24) is 0 Å². The summed E-state index contributed by atoms with van der Waals surface area (Å²) >= 11 is 5.82. The van der Waals surface area contributed by atoms with Crippen LogP contribution in [0.25, 0.3) is 0 Å². The maximum Gasteiger partial charge on any atom is 0.273 e. The normalized spacial score (nSPS) is 11.9. The van der Waals surface area contributed by atoms with Gasteiger partial charge in [-0.15, -0.1) is 0 Å². The van der Waals surface area contributed by atoms with Gasteiger partial charge in [-0.25, -0.2) is 0 Å². The molecule has 0 amide bonds. The Hall–Kier alpha value is -1.55. The smallest absolute Gasteiger partial charge is 0.273 e. The second-order valence-corrected chi connectivity index (χ2v) is 3.34. The summed E-state index contributed by atoms with van der Waals surface area (Å²) in [5.41, 5.74) is -0.0503. The fourth-order valence-corrected chi connectivity index (χ4v) is 1.11. The first-order valence-electron chi connectivity index (χ1n) is 4.27. The molecule has 1 rings (SSSR count). The van der Waals surface area contributed by atoms with E-state index < -0.39 is 4.92 Å². The van der Waals surface area contributed by atoms with Crippen LogP contribution in [0.3, 0.4) is 0 Å². The number of halogens is 1. The number of rotatable bonds is 4. The lowest BCUT2D eigenvalue weighted by Crippen LogP contribution is -2.07. The summed E-state index contributed by atoms with van der Waals surface area (Å²) in [4.78, 5) is 10.0. The minimum absolute atomic E-state index is 0.0503. The highest BCUT2D eigenvalue weighted by Crippen LogP contribution is 2.29. The topological polar surface area (TPSA) is 52.4 Å². The van der Waals surface area contributed by atoms with E-state index in [0.29, 0.717) is 10.8 Å². The second-order valence-electron chi connectivity index (χ2n) is 2.93. The zero-order valence-electron chi connectivity index (χ0n) is 8.14. The molecule has 0 aromatic heterocycles. The molecule has 0 saturated heterocycles. The molecule has 0 aliphatic rings. The molecule has 5 heteroatoms. The molecule has 0 aliphatic heterocycles. The molecule has 4 nitrogen and oxygen atoms in total. The van der Waals surface area contributed by atoms with E-state index in [-0.39, 0.29) is 11.8 Å². The van der Waals surface area contributed by atoms with Crippen LogP contribution in [-0.4, -0.2) is 11.0 Å². The summed E-state index contributed by atoms with van der Waals surface area (Å²) in [6, 6.07) is 4.06. The van der Waals surface area contributed by atoms with Crippen molar-refractivity contribution in [3.05, 3.63) is 46.0 Å². The summed E-state index contributed by atoms with van der Waals surface area (Å²) in [5, 5.41) is 10.8. The Morgan fingerprint density at radius 1 is 1.67 bits per heavy atom. The number of benzene rings is 1. The molecule has 0 radical (unpaired) electrons. The van der Waals surface area contributed by atoms with Gasteiger partial charge in [0.1, 0.15) is 11.9 Å². The number of non-ortho nitro benzene ring substituents is 1. The van der Waals surface area contributed by atoms with Crippen molar-refractivity contribution in [2.75, 3.05) is 0 Å². The molecule has 0 bridgehead atoms. The molecule has 15 heavy (non-hydrogen) atoms. The first-order valence-corrected chi connectivity index (χ1v) is 4.65. The van der Waals surface area contributed by atoms with Crippen molar-refractivity contribution in [2.24, 2.45) is 0 Å². The summed E-state index contributed by atoms with van der Waals surface area (Å²) < 4.78 is 5.33. The number of nitro benzene ring substituents is 1. The van der Waals surface area contributed by atoms with Gasteiger partial charge in [0.05, 0.1) is 16.0 Å². The molecule has 0 spiro atoms. The Morgan fingerprint density at radius 2 is 2.33 bits per heavy atom. The fraction of sp³-hybridized carbons (Fsp3) is 0.200. The monoisotopic (exact) mass is 227 g/mol. The van der Waals surface area contributed by atoms with Crippen molar-refractivity contribution in [1.29, 1.82) is 0 Å². The minimum atomic E-state index is -0.498. The molecule has 1 unspecified atom stereocenters. The van der Waals surface area contributed by atoms with Crippen LogP contribution in [0.4, 0.5) is 5.69 Å². The Bertz CT molecular complexity index is 392. The van der Waals surface area contributed by atoms with Gasteiger partial charge >= 0.3 is 0 Å². The lowest BCUT2D eigenvalue weighted by molar-refractivity contribution is -0.384. The summed E-state index contributed by atoms with van der Waals surface area (Å²) in [6.45, 7) is 5.31. The van der Waals surface area contributed by atoms with Crippen molar-refractivity contribution < 1.29 is 9.66 Å². The van der Waals surface area contributed by atoms with Gasteiger partial charge in [0, 0.05) is 6.07 Å². The number of ether oxygens (including phenoxy) is 1. The van der Waals surface area contributed by atoms with Crippen LogP contribution in [0.1, 0.15) is 6.92 Å². The van der Waals surface area contributed by atoms with Gasteiger partial charge in [-0.1, -0.05) is 24.3 Å². The highest BCUT2D eigenvalue weighted by Gasteiger charge is 2.11. The predicted molar refractivity (Wildman–Crippen MR) is 58.4 cm³/mol. The predicted octanol–water partition coefficient (Wildman–Crippen LogP) is 3.20. The Morgan fingerprint density at radius 3 is 2.87 bits per heavy atom. The number of hydrogen-bond acceptors (Lipinski definition) is 3. The highest BCUT2D eigenvalue weighted by atomic mass is 35.5. The van der Waals surface area contributed by atoms with Gasteiger partial charge in [0.15, 0.2) is 0 Å². The van der Waals surface area contributed by atoms with Crippen LogP contribution in [0.15, 0.2) is 30.9 Å². The van der Waals surface area contributed by atoms with Gasteiger partial charge in [-0.2, -0.15) is 0 Å². The van der Waals surface area contributed by atoms with E-state index in [4.69, 9.17) is 16.3 Å². The first kappa shape index (κ1) is 11.5. The first-order chi connectivity index (χ1) is 7.04. The van der Waals surface area contributed by atoms with E-state index in [1.807, 2.05) is 0 Å². The number of nitro groups is 1. The third-order valence-corrected chi connectivity index (χ3v) is 2.08. The van der Waals surface area contributed by atoms with Gasteiger partial charge in [0.2, 0.25) is 0 Å². The molecule has 0 heterocycles.